The highest BCUT2D eigenvalue weighted by Crippen LogP contribution is 2.25. The molecule has 0 atom stereocenters. The molecular formula is C26H31N3O2S. The first-order valence-corrected chi connectivity index (χ1v) is 12.4. The van der Waals surface area contributed by atoms with Crippen molar-refractivity contribution in [2.24, 2.45) is 0 Å². The molecule has 2 fully saturated rings. The predicted molar refractivity (Wildman–Crippen MR) is 131 cm³/mol. The molecule has 0 aliphatic carbocycles. The zero-order valence-electron chi connectivity index (χ0n) is 18.5. The Morgan fingerprint density at radius 3 is 2.25 bits per heavy atom. The third kappa shape index (κ3) is 6.02. The van der Waals surface area contributed by atoms with Crippen LogP contribution in [0, 0.1) is 0 Å². The van der Waals surface area contributed by atoms with Crippen LogP contribution in [-0.2, 0) is 4.79 Å². The van der Waals surface area contributed by atoms with Crippen molar-refractivity contribution >= 4 is 29.7 Å². The molecule has 32 heavy (non-hydrogen) atoms. The fourth-order valence-electron chi connectivity index (χ4n) is 4.17. The Hall–Kier alpha value is -2.57. The Morgan fingerprint density at radius 1 is 0.812 bits per heavy atom. The lowest BCUT2D eigenvalue weighted by molar-refractivity contribution is -0.127. The maximum atomic E-state index is 13.2. The quantitative estimate of drug-likeness (QED) is 0.602. The van der Waals surface area contributed by atoms with Crippen LogP contribution in [0.3, 0.4) is 0 Å². The minimum atomic E-state index is 0.0706. The summed E-state index contributed by atoms with van der Waals surface area (Å²) < 4.78 is 0. The van der Waals surface area contributed by atoms with Crippen molar-refractivity contribution in [3.63, 3.8) is 0 Å². The monoisotopic (exact) mass is 449 g/mol. The van der Waals surface area contributed by atoms with Gasteiger partial charge in [-0.05, 0) is 30.5 Å². The van der Waals surface area contributed by atoms with Crippen LogP contribution in [0.4, 0.5) is 0 Å². The SMILES string of the molecule is O=C(CSc1ccccc1C(=O)N1CCN(CC=Cc2ccccc2)CC1)N1CCCC1. The number of benzene rings is 2. The smallest absolute Gasteiger partial charge is 0.255 e. The highest BCUT2D eigenvalue weighted by molar-refractivity contribution is 8.00. The van der Waals surface area contributed by atoms with Crippen LogP contribution >= 0.6 is 11.8 Å². The Balaban J connectivity index is 1.28. The molecule has 0 radical (unpaired) electrons. The number of carbonyl (C=O) groups excluding carboxylic acids is 2. The fraction of sp³-hybridized carbons (Fsp3) is 0.385. The molecule has 2 aromatic carbocycles. The first-order chi connectivity index (χ1) is 15.7. The summed E-state index contributed by atoms with van der Waals surface area (Å²) in [5.41, 5.74) is 1.92. The third-order valence-electron chi connectivity index (χ3n) is 6.06. The number of amides is 2. The van der Waals surface area contributed by atoms with Crippen molar-refractivity contribution in [2.75, 3.05) is 51.6 Å². The maximum Gasteiger partial charge on any atom is 0.255 e. The van der Waals surface area contributed by atoms with Gasteiger partial charge in [-0.1, -0.05) is 54.6 Å². The standard InChI is InChI=1S/C26H31N3O2S/c30-25(28-15-6-7-16-28)21-32-24-13-5-4-12-23(24)26(31)29-19-17-27(18-20-29)14-8-11-22-9-2-1-3-10-22/h1-5,8-13H,6-7,14-21H2. The molecule has 2 aliphatic heterocycles. The summed E-state index contributed by atoms with van der Waals surface area (Å²) in [7, 11) is 0. The lowest BCUT2D eigenvalue weighted by atomic mass is 10.1. The average Bonchev–Trinajstić information content (AvgIpc) is 3.39. The Kier molecular flexibility index (Phi) is 8.02. The highest BCUT2D eigenvalue weighted by atomic mass is 32.2. The van der Waals surface area contributed by atoms with Crippen molar-refractivity contribution in [2.45, 2.75) is 17.7 Å². The van der Waals surface area contributed by atoms with Gasteiger partial charge in [0.15, 0.2) is 0 Å². The number of likely N-dealkylation sites (tertiary alicyclic amines) is 1. The minimum Gasteiger partial charge on any atom is -0.342 e. The molecule has 5 nitrogen and oxygen atoms in total. The molecule has 0 bridgehead atoms. The number of hydrogen-bond donors (Lipinski definition) is 0. The molecule has 2 aliphatic rings. The molecule has 2 amide bonds. The highest BCUT2D eigenvalue weighted by Gasteiger charge is 2.24. The summed E-state index contributed by atoms with van der Waals surface area (Å²) in [5, 5.41) is 0. The molecule has 0 aromatic heterocycles. The van der Waals surface area contributed by atoms with E-state index >= 15 is 0 Å². The second-order valence-corrected chi connectivity index (χ2v) is 9.30. The average molecular weight is 450 g/mol. The van der Waals surface area contributed by atoms with Gasteiger partial charge in [-0.3, -0.25) is 14.5 Å². The number of carbonyl (C=O) groups is 2. The van der Waals surface area contributed by atoms with Crippen molar-refractivity contribution in [3.8, 4) is 0 Å². The van der Waals surface area contributed by atoms with E-state index in [1.807, 2.05) is 52.3 Å². The topological polar surface area (TPSA) is 43.9 Å². The van der Waals surface area contributed by atoms with E-state index in [0.29, 0.717) is 11.3 Å². The normalized spacial score (nSPS) is 17.2. The Bertz CT molecular complexity index is 933. The van der Waals surface area contributed by atoms with Gasteiger partial charge in [0.25, 0.3) is 5.91 Å². The molecule has 2 aromatic rings. The molecule has 4 rings (SSSR count). The summed E-state index contributed by atoms with van der Waals surface area (Å²) in [6.45, 7) is 5.81. The van der Waals surface area contributed by atoms with E-state index in [2.05, 4.69) is 29.2 Å². The van der Waals surface area contributed by atoms with Crippen LogP contribution in [0.25, 0.3) is 6.08 Å². The van der Waals surface area contributed by atoms with Gasteiger partial charge >= 0.3 is 0 Å². The van der Waals surface area contributed by atoms with Crippen molar-refractivity contribution in [3.05, 3.63) is 71.8 Å². The summed E-state index contributed by atoms with van der Waals surface area (Å²) in [6.07, 6.45) is 6.53. The molecule has 0 spiro atoms. The largest absolute Gasteiger partial charge is 0.342 e. The molecule has 2 saturated heterocycles. The predicted octanol–water partition coefficient (Wildman–Crippen LogP) is 3.87. The first kappa shape index (κ1) is 22.6. The van der Waals surface area contributed by atoms with Gasteiger partial charge in [-0.25, -0.2) is 0 Å². The summed E-state index contributed by atoms with van der Waals surface area (Å²) in [4.78, 5) is 32.8. The summed E-state index contributed by atoms with van der Waals surface area (Å²) in [5.74, 6) is 0.638. The molecule has 0 N–H and O–H groups in total. The van der Waals surface area contributed by atoms with Crippen LogP contribution in [0.1, 0.15) is 28.8 Å². The van der Waals surface area contributed by atoms with E-state index in [1.165, 1.54) is 17.3 Å². The van der Waals surface area contributed by atoms with E-state index in [1.54, 1.807) is 0 Å². The van der Waals surface area contributed by atoms with Crippen LogP contribution in [-0.4, -0.2) is 78.1 Å². The lowest BCUT2D eigenvalue weighted by Crippen LogP contribution is -2.48. The minimum absolute atomic E-state index is 0.0706. The fourth-order valence-corrected chi connectivity index (χ4v) is 5.12. The number of rotatable bonds is 7. The number of nitrogens with zero attached hydrogens (tertiary/aromatic N) is 3. The van der Waals surface area contributed by atoms with Gasteiger partial charge in [0.1, 0.15) is 0 Å². The first-order valence-electron chi connectivity index (χ1n) is 11.4. The Morgan fingerprint density at radius 2 is 1.50 bits per heavy atom. The third-order valence-corrected chi connectivity index (χ3v) is 7.12. The summed E-state index contributed by atoms with van der Waals surface area (Å²) in [6, 6.07) is 18.0. The van der Waals surface area contributed by atoms with Crippen LogP contribution in [0.2, 0.25) is 0 Å². The molecule has 0 saturated carbocycles. The maximum absolute atomic E-state index is 13.2. The zero-order valence-corrected chi connectivity index (χ0v) is 19.3. The van der Waals surface area contributed by atoms with Crippen molar-refractivity contribution < 1.29 is 9.59 Å². The van der Waals surface area contributed by atoms with Crippen LogP contribution in [0.15, 0.2) is 65.6 Å². The number of hydrogen-bond acceptors (Lipinski definition) is 4. The Labute approximate surface area is 195 Å². The van der Waals surface area contributed by atoms with Crippen LogP contribution in [0.5, 0.6) is 0 Å². The molecular weight excluding hydrogens is 418 g/mol. The molecule has 0 unspecified atom stereocenters. The van der Waals surface area contributed by atoms with Crippen LogP contribution < -0.4 is 0 Å². The lowest BCUT2D eigenvalue weighted by Gasteiger charge is -2.34. The van der Waals surface area contributed by atoms with Crippen molar-refractivity contribution in [1.82, 2.24) is 14.7 Å². The van der Waals surface area contributed by atoms with Gasteiger partial charge in [0, 0.05) is 50.7 Å². The van der Waals surface area contributed by atoms with E-state index in [4.69, 9.17) is 0 Å². The van der Waals surface area contributed by atoms with Gasteiger partial charge in [0.05, 0.1) is 11.3 Å². The molecule has 2 heterocycles. The number of piperazine rings is 1. The zero-order chi connectivity index (χ0) is 22.2. The van der Waals surface area contributed by atoms with E-state index in [-0.39, 0.29) is 11.8 Å². The second-order valence-electron chi connectivity index (χ2n) is 8.28. The molecule has 168 valence electrons. The van der Waals surface area contributed by atoms with E-state index < -0.39 is 0 Å². The second kappa shape index (κ2) is 11.3. The van der Waals surface area contributed by atoms with E-state index in [9.17, 15) is 9.59 Å². The molecule has 6 heteroatoms. The van der Waals surface area contributed by atoms with Gasteiger partial charge in [-0.15, -0.1) is 11.8 Å². The van der Waals surface area contributed by atoms with E-state index in [0.717, 1.165) is 63.6 Å². The summed E-state index contributed by atoms with van der Waals surface area (Å²) >= 11 is 1.49. The van der Waals surface area contributed by atoms with Crippen molar-refractivity contribution in [1.29, 1.82) is 0 Å². The number of thioether (sulfide) groups is 1. The van der Waals surface area contributed by atoms with Gasteiger partial charge < -0.3 is 9.80 Å². The van der Waals surface area contributed by atoms with Gasteiger partial charge in [0.2, 0.25) is 5.91 Å². The van der Waals surface area contributed by atoms with Gasteiger partial charge in [-0.2, -0.15) is 0 Å².